The Labute approximate surface area is 122 Å². The Bertz CT molecular complexity index is 539. The first-order valence-corrected chi connectivity index (χ1v) is 7.97. The standard InChI is InChI=1S/C17H20F3N/c18-17(19,20)14-6-1-2-7-15(14)21-16-9-10-8-13(16)12-5-3-4-11(10)12/h1-2,6-7,10-13,16,21H,3-5,8-9H2. The molecule has 5 unspecified atom stereocenters. The number of benzene rings is 1. The number of para-hydroxylation sites is 1. The first-order chi connectivity index (χ1) is 10.0. The summed E-state index contributed by atoms with van der Waals surface area (Å²) < 4.78 is 39.3. The minimum absolute atomic E-state index is 0.234. The molecule has 4 rings (SSSR count). The molecule has 114 valence electrons. The number of halogens is 3. The highest BCUT2D eigenvalue weighted by molar-refractivity contribution is 5.53. The summed E-state index contributed by atoms with van der Waals surface area (Å²) in [5.74, 6) is 2.96. The minimum atomic E-state index is -4.28. The van der Waals surface area contributed by atoms with Crippen LogP contribution in [0.3, 0.4) is 0 Å². The zero-order valence-corrected chi connectivity index (χ0v) is 11.9. The maximum absolute atomic E-state index is 13.1. The van der Waals surface area contributed by atoms with Crippen molar-refractivity contribution in [3.63, 3.8) is 0 Å². The maximum Gasteiger partial charge on any atom is 0.418 e. The molecule has 21 heavy (non-hydrogen) atoms. The average molecular weight is 295 g/mol. The Hall–Kier alpha value is -1.19. The molecule has 5 atom stereocenters. The molecule has 3 saturated carbocycles. The monoisotopic (exact) mass is 295 g/mol. The molecule has 1 N–H and O–H groups in total. The molecule has 0 aromatic heterocycles. The first-order valence-electron chi connectivity index (χ1n) is 7.97. The van der Waals surface area contributed by atoms with E-state index >= 15 is 0 Å². The van der Waals surface area contributed by atoms with Crippen LogP contribution in [0.25, 0.3) is 0 Å². The van der Waals surface area contributed by atoms with E-state index in [0.29, 0.717) is 5.92 Å². The number of fused-ring (bicyclic) bond motifs is 5. The average Bonchev–Trinajstić information content (AvgIpc) is 3.09. The molecular weight excluding hydrogens is 275 g/mol. The van der Waals surface area contributed by atoms with Gasteiger partial charge >= 0.3 is 6.18 Å². The molecule has 0 saturated heterocycles. The second-order valence-electron chi connectivity index (χ2n) is 6.95. The van der Waals surface area contributed by atoms with Crippen LogP contribution in [0.4, 0.5) is 18.9 Å². The first kappa shape index (κ1) is 13.5. The molecule has 1 aromatic carbocycles. The van der Waals surface area contributed by atoms with Crippen LogP contribution in [0.15, 0.2) is 24.3 Å². The number of hydrogen-bond acceptors (Lipinski definition) is 1. The lowest BCUT2D eigenvalue weighted by Gasteiger charge is -2.33. The summed E-state index contributed by atoms with van der Waals surface area (Å²) in [5.41, 5.74) is -0.271. The van der Waals surface area contributed by atoms with Gasteiger partial charge in [-0.2, -0.15) is 13.2 Å². The largest absolute Gasteiger partial charge is 0.418 e. The molecule has 0 radical (unpaired) electrons. The Morgan fingerprint density at radius 3 is 2.52 bits per heavy atom. The molecule has 0 amide bonds. The van der Waals surface area contributed by atoms with Crippen molar-refractivity contribution >= 4 is 5.69 Å². The Morgan fingerprint density at radius 2 is 1.71 bits per heavy atom. The number of hydrogen-bond donors (Lipinski definition) is 1. The van der Waals surface area contributed by atoms with Crippen LogP contribution in [0.2, 0.25) is 0 Å². The molecule has 3 aliphatic rings. The summed E-state index contributed by atoms with van der Waals surface area (Å²) in [7, 11) is 0. The summed E-state index contributed by atoms with van der Waals surface area (Å²) in [5, 5.41) is 3.24. The van der Waals surface area contributed by atoms with Crippen LogP contribution >= 0.6 is 0 Å². The van der Waals surface area contributed by atoms with Gasteiger partial charge in [0.15, 0.2) is 0 Å². The van der Waals surface area contributed by atoms with Gasteiger partial charge in [-0.05, 0) is 61.5 Å². The molecular formula is C17H20F3N. The zero-order chi connectivity index (χ0) is 14.6. The SMILES string of the molecule is FC(F)(F)c1ccccc1NC1CC2CC1C1CCCC21. The van der Waals surface area contributed by atoms with Crippen LogP contribution < -0.4 is 5.32 Å². The quantitative estimate of drug-likeness (QED) is 0.814. The van der Waals surface area contributed by atoms with Crippen LogP contribution in [-0.4, -0.2) is 6.04 Å². The molecule has 0 spiro atoms. The third kappa shape index (κ3) is 2.14. The summed E-state index contributed by atoms with van der Waals surface area (Å²) >= 11 is 0. The van der Waals surface area contributed by atoms with E-state index in [2.05, 4.69) is 5.32 Å². The van der Waals surface area contributed by atoms with Crippen molar-refractivity contribution in [1.29, 1.82) is 0 Å². The highest BCUT2D eigenvalue weighted by Crippen LogP contribution is 2.59. The van der Waals surface area contributed by atoms with Gasteiger partial charge in [-0.25, -0.2) is 0 Å². The summed E-state index contributed by atoms with van der Waals surface area (Å²) in [4.78, 5) is 0. The summed E-state index contributed by atoms with van der Waals surface area (Å²) in [6.07, 6.45) is 1.94. The van der Waals surface area contributed by atoms with Crippen LogP contribution in [0, 0.1) is 23.7 Å². The summed E-state index contributed by atoms with van der Waals surface area (Å²) in [6.45, 7) is 0. The summed E-state index contributed by atoms with van der Waals surface area (Å²) in [6, 6.07) is 6.12. The van der Waals surface area contributed by atoms with Gasteiger partial charge in [0.05, 0.1) is 5.56 Å². The number of nitrogens with one attached hydrogen (secondary N) is 1. The predicted molar refractivity (Wildman–Crippen MR) is 75.9 cm³/mol. The normalized spacial score (nSPS) is 37.8. The van der Waals surface area contributed by atoms with E-state index in [4.69, 9.17) is 0 Å². The van der Waals surface area contributed by atoms with E-state index in [0.717, 1.165) is 24.2 Å². The van der Waals surface area contributed by atoms with Gasteiger partial charge < -0.3 is 5.32 Å². The highest BCUT2D eigenvalue weighted by Gasteiger charge is 2.53. The van der Waals surface area contributed by atoms with Crippen molar-refractivity contribution in [3.05, 3.63) is 29.8 Å². The second kappa shape index (κ2) is 4.65. The third-order valence-corrected chi connectivity index (χ3v) is 6.00. The molecule has 3 fully saturated rings. The third-order valence-electron chi connectivity index (χ3n) is 6.00. The number of rotatable bonds is 2. The van der Waals surface area contributed by atoms with E-state index in [1.807, 2.05) is 0 Å². The van der Waals surface area contributed by atoms with E-state index in [1.165, 1.54) is 37.8 Å². The van der Waals surface area contributed by atoms with Crippen molar-refractivity contribution in [3.8, 4) is 0 Å². The molecule has 1 aromatic rings. The fourth-order valence-corrected chi connectivity index (χ4v) is 5.29. The smallest absolute Gasteiger partial charge is 0.382 e. The molecule has 1 nitrogen and oxygen atoms in total. The lowest BCUT2D eigenvalue weighted by atomic mass is 9.79. The lowest BCUT2D eigenvalue weighted by Crippen LogP contribution is -2.34. The van der Waals surface area contributed by atoms with Crippen molar-refractivity contribution in [2.75, 3.05) is 5.32 Å². The van der Waals surface area contributed by atoms with Crippen molar-refractivity contribution in [2.24, 2.45) is 23.7 Å². The van der Waals surface area contributed by atoms with Crippen LogP contribution in [0.5, 0.6) is 0 Å². The van der Waals surface area contributed by atoms with Gasteiger partial charge in [0, 0.05) is 11.7 Å². The zero-order valence-electron chi connectivity index (χ0n) is 11.9. The van der Waals surface area contributed by atoms with E-state index in [9.17, 15) is 13.2 Å². The van der Waals surface area contributed by atoms with Gasteiger partial charge in [-0.3, -0.25) is 0 Å². The number of alkyl halides is 3. The Kier molecular flexibility index (Phi) is 2.98. The lowest BCUT2D eigenvalue weighted by molar-refractivity contribution is -0.137. The topological polar surface area (TPSA) is 12.0 Å². The fourth-order valence-electron chi connectivity index (χ4n) is 5.29. The molecule has 2 bridgehead atoms. The van der Waals surface area contributed by atoms with E-state index in [-0.39, 0.29) is 11.7 Å². The van der Waals surface area contributed by atoms with Gasteiger partial charge in [0.1, 0.15) is 0 Å². The van der Waals surface area contributed by atoms with Crippen LogP contribution in [0.1, 0.15) is 37.7 Å². The van der Waals surface area contributed by atoms with Gasteiger partial charge in [-0.1, -0.05) is 18.6 Å². The molecule has 4 heteroatoms. The molecule has 0 heterocycles. The van der Waals surface area contributed by atoms with Gasteiger partial charge in [0.25, 0.3) is 0 Å². The van der Waals surface area contributed by atoms with Crippen molar-refractivity contribution < 1.29 is 13.2 Å². The predicted octanol–water partition coefficient (Wildman–Crippen LogP) is 4.94. The number of anilines is 1. The minimum Gasteiger partial charge on any atom is -0.382 e. The molecule has 3 aliphatic carbocycles. The van der Waals surface area contributed by atoms with Crippen LogP contribution in [-0.2, 0) is 6.18 Å². The van der Waals surface area contributed by atoms with Crippen molar-refractivity contribution in [2.45, 2.75) is 44.3 Å². The van der Waals surface area contributed by atoms with E-state index in [1.54, 1.807) is 12.1 Å². The second-order valence-corrected chi connectivity index (χ2v) is 6.95. The Balaban J connectivity index is 1.56. The Morgan fingerprint density at radius 1 is 0.952 bits per heavy atom. The van der Waals surface area contributed by atoms with Crippen molar-refractivity contribution in [1.82, 2.24) is 0 Å². The molecule has 0 aliphatic heterocycles. The van der Waals surface area contributed by atoms with Gasteiger partial charge in [-0.15, -0.1) is 0 Å². The van der Waals surface area contributed by atoms with Gasteiger partial charge in [0.2, 0.25) is 0 Å². The maximum atomic E-state index is 13.1. The fraction of sp³-hybridized carbons (Fsp3) is 0.647. The highest BCUT2D eigenvalue weighted by atomic mass is 19.4. The van der Waals surface area contributed by atoms with E-state index < -0.39 is 11.7 Å².